The van der Waals surface area contributed by atoms with Gasteiger partial charge in [0.15, 0.2) is 8.68 Å². The second kappa shape index (κ2) is 6.55. The fraction of sp³-hybridized carbons (Fsp3) is 0.250. The van der Waals surface area contributed by atoms with E-state index in [-0.39, 0.29) is 0 Å². The zero-order valence-electron chi connectivity index (χ0n) is 8.50. The van der Waals surface area contributed by atoms with Crippen molar-refractivity contribution >= 4 is 63.9 Å². The van der Waals surface area contributed by atoms with E-state index in [1.54, 1.807) is 63.9 Å². The Labute approximate surface area is 118 Å². The summed E-state index contributed by atoms with van der Waals surface area (Å²) in [6, 6.07) is 0. The topological polar surface area (TPSA) is 25.8 Å². The minimum Gasteiger partial charge on any atom is -0.234 e. The molecule has 86 valence electrons. The first-order valence-electron chi connectivity index (χ1n) is 4.26. The molecule has 2 aromatic heterocycles. The molecule has 0 aliphatic carbocycles. The lowest BCUT2D eigenvalue weighted by Crippen LogP contribution is -1.67. The molecule has 0 amide bonds. The third-order valence-electron chi connectivity index (χ3n) is 1.43. The third kappa shape index (κ3) is 4.15. The lowest BCUT2D eigenvalue weighted by Gasteiger charge is -1.93. The summed E-state index contributed by atoms with van der Waals surface area (Å²) in [6.45, 7) is 4.04. The number of nitrogens with zero attached hydrogens (tertiary/aromatic N) is 2. The van der Waals surface area contributed by atoms with Crippen molar-refractivity contribution in [3.8, 4) is 0 Å². The largest absolute Gasteiger partial charge is 0.234 e. The van der Waals surface area contributed by atoms with E-state index in [0.29, 0.717) is 0 Å². The second-order valence-electron chi connectivity index (χ2n) is 2.81. The van der Waals surface area contributed by atoms with Crippen molar-refractivity contribution in [3.05, 3.63) is 22.1 Å². The van der Waals surface area contributed by atoms with Crippen LogP contribution in [0.25, 0.3) is 0 Å². The Balaban J connectivity index is 1.69. The molecule has 0 radical (unpaired) electrons. The van der Waals surface area contributed by atoms with Crippen molar-refractivity contribution in [2.45, 2.75) is 22.5 Å². The Kier molecular flexibility index (Phi) is 5.37. The van der Waals surface area contributed by atoms with Gasteiger partial charge in [-0.15, -0.1) is 22.7 Å². The van der Waals surface area contributed by atoms with E-state index in [0.717, 1.165) is 20.1 Å². The number of rotatable bonds is 5. The average Bonchev–Trinajstić information content (AvgIpc) is 2.83. The minimum absolute atomic E-state index is 1.10. The Morgan fingerprint density at radius 2 is 1.31 bits per heavy atom. The molecule has 0 saturated carbocycles. The Morgan fingerprint density at radius 1 is 0.875 bits per heavy atom. The van der Waals surface area contributed by atoms with E-state index in [1.807, 2.05) is 13.8 Å². The molecule has 0 fully saturated rings. The van der Waals surface area contributed by atoms with Crippen LogP contribution in [0, 0.1) is 13.8 Å². The quantitative estimate of drug-likeness (QED) is 0.546. The Hall–Kier alpha value is 0.660. The number of aryl methyl sites for hydroxylation is 2. The summed E-state index contributed by atoms with van der Waals surface area (Å²) in [5, 5.41) is 4.15. The monoisotopic (exact) mass is 324 g/mol. The van der Waals surface area contributed by atoms with Crippen LogP contribution in [0.1, 0.15) is 11.4 Å². The van der Waals surface area contributed by atoms with Crippen molar-refractivity contribution in [3.63, 3.8) is 0 Å². The van der Waals surface area contributed by atoms with Gasteiger partial charge in [0.25, 0.3) is 0 Å². The fourth-order valence-electron chi connectivity index (χ4n) is 0.827. The van der Waals surface area contributed by atoms with Crippen LogP contribution in [0.2, 0.25) is 0 Å². The maximum atomic E-state index is 4.38. The van der Waals surface area contributed by atoms with Crippen LogP contribution in [-0.4, -0.2) is 9.97 Å². The van der Waals surface area contributed by atoms with Gasteiger partial charge in [0.1, 0.15) is 0 Å². The minimum atomic E-state index is 1.10. The van der Waals surface area contributed by atoms with Crippen LogP contribution >= 0.6 is 63.9 Å². The van der Waals surface area contributed by atoms with Crippen LogP contribution in [0.5, 0.6) is 0 Å². The van der Waals surface area contributed by atoms with Crippen LogP contribution in [-0.2, 0) is 0 Å². The van der Waals surface area contributed by atoms with Gasteiger partial charge in [-0.1, -0.05) is 0 Å². The zero-order valence-corrected chi connectivity index (χ0v) is 13.4. The lowest BCUT2D eigenvalue weighted by atomic mass is 10.6. The van der Waals surface area contributed by atoms with Crippen molar-refractivity contribution in [2.24, 2.45) is 0 Å². The van der Waals surface area contributed by atoms with Crippen LogP contribution in [0.4, 0.5) is 0 Å². The molecule has 0 saturated heterocycles. The molecule has 16 heavy (non-hydrogen) atoms. The highest BCUT2D eigenvalue weighted by Gasteiger charge is 2.03. The summed E-state index contributed by atoms with van der Waals surface area (Å²) in [4.78, 5) is 8.77. The molecule has 0 bridgehead atoms. The van der Waals surface area contributed by atoms with Gasteiger partial charge in [-0.05, 0) is 55.1 Å². The Morgan fingerprint density at radius 3 is 1.62 bits per heavy atom. The molecule has 0 aliphatic heterocycles. The molecule has 2 rings (SSSR count). The first kappa shape index (κ1) is 13.1. The Bertz CT molecular complexity index is 409. The van der Waals surface area contributed by atoms with E-state index in [2.05, 4.69) is 20.7 Å². The fourth-order valence-corrected chi connectivity index (χ4v) is 9.00. The maximum absolute atomic E-state index is 4.38. The molecular weight excluding hydrogens is 317 g/mol. The van der Waals surface area contributed by atoms with Crippen LogP contribution in [0.15, 0.2) is 19.4 Å². The van der Waals surface area contributed by atoms with Gasteiger partial charge in [0, 0.05) is 22.1 Å². The number of aromatic nitrogens is 2. The second-order valence-corrected chi connectivity index (χ2v) is 10.7. The van der Waals surface area contributed by atoms with Crippen molar-refractivity contribution < 1.29 is 0 Å². The third-order valence-corrected chi connectivity index (χ3v) is 10.1. The predicted octanol–water partition coefficient (Wildman–Crippen LogP) is 5.31. The van der Waals surface area contributed by atoms with Gasteiger partial charge in [-0.2, -0.15) is 0 Å². The average molecular weight is 325 g/mol. The first-order chi connectivity index (χ1) is 7.74. The van der Waals surface area contributed by atoms with E-state index >= 15 is 0 Å². The van der Waals surface area contributed by atoms with Gasteiger partial charge in [-0.25, -0.2) is 9.97 Å². The van der Waals surface area contributed by atoms with E-state index in [1.165, 1.54) is 0 Å². The van der Waals surface area contributed by atoms with Gasteiger partial charge >= 0.3 is 0 Å². The SMILES string of the molecule is Cc1csc(SSSSc2nc(C)cs2)n1. The summed E-state index contributed by atoms with van der Waals surface area (Å²) < 4.78 is 2.23. The van der Waals surface area contributed by atoms with Gasteiger partial charge in [-0.3, -0.25) is 0 Å². The molecule has 8 heteroatoms. The van der Waals surface area contributed by atoms with Gasteiger partial charge < -0.3 is 0 Å². The summed E-state index contributed by atoms with van der Waals surface area (Å²) in [5.41, 5.74) is 2.20. The highest BCUT2D eigenvalue weighted by Crippen LogP contribution is 2.50. The molecule has 0 spiro atoms. The molecule has 2 nitrogen and oxygen atoms in total. The van der Waals surface area contributed by atoms with E-state index < -0.39 is 0 Å². The molecule has 2 aromatic rings. The number of thiazole rings is 2. The molecule has 0 unspecified atom stereocenters. The summed E-state index contributed by atoms with van der Waals surface area (Å²) >= 11 is 3.39. The maximum Gasteiger partial charge on any atom is 0.161 e. The summed E-state index contributed by atoms with van der Waals surface area (Å²) in [5.74, 6) is 0. The molecule has 0 aliphatic rings. The first-order valence-corrected chi connectivity index (χ1v) is 10.8. The lowest BCUT2D eigenvalue weighted by molar-refractivity contribution is 1.16. The molecule has 0 aromatic carbocycles. The van der Waals surface area contributed by atoms with Gasteiger partial charge in [0.05, 0.1) is 0 Å². The van der Waals surface area contributed by atoms with Crippen molar-refractivity contribution in [1.29, 1.82) is 0 Å². The van der Waals surface area contributed by atoms with Crippen molar-refractivity contribution in [1.82, 2.24) is 9.97 Å². The smallest absolute Gasteiger partial charge is 0.161 e. The number of hydrogen-bond donors (Lipinski definition) is 0. The number of hydrogen-bond acceptors (Lipinski definition) is 8. The van der Waals surface area contributed by atoms with Crippen LogP contribution in [0.3, 0.4) is 0 Å². The molecule has 2 heterocycles. The summed E-state index contributed by atoms with van der Waals surface area (Å²) in [6.07, 6.45) is 0. The van der Waals surface area contributed by atoms with E-state index in [9.17, 15) is 0 Å². The van der Waals surface area contributed by atoms with Gasteiger partial charge in [0.2, 0.25) is 0 Å². The predicted molar refractivity (Wildman–Crippen MR) is 80.6 cm³/mol. The standard InChI is InChI=1S/C8H8N2S6/c1-5-3-11-7(9-5)13-15-16-14-8-10-6(2)4-12-8/h3-4H,1-2H3. The zero-order chi connectivity index (χ0) is 11.4. The molecule has 0 atom stereocenters. The normalized spacial score (nSPS) is 10.9. The molecular formula is C8H8N2S6. The van der Waals surface area contributed by atoms with E-state index in [4.69, 9.17) is 0 Å². The highest BCUT2D eigenvalue weighted by atomic mass is 33.7. The van der Waals surface area contributed by atoms with Crippen molar-refractivity contribution in [2.75, 3.05) is 0 Å². The highest BCUT2D eigenvalue weighted by molar-refractivity contribution is 9.26. The molecule has 0 N–H and O–H groups in total. The van der Waals surface area contributed by atoms with Crippen LogP contribution < -0.4 is 0 Å². The summed E-state index contributed by atoms with van der Waals surface area (Å²) in [7, 11) is 6.89.